The van der Waals surface area contributed by atoms with E-state index < -0.39 is 0 Å². The van der Waals surface area contributed by atoms with E-state index in [0.29, 0.717) is 22.7 Å². The fourth-order valence-corrected chi connectivity index (χ4v) is 2.49. The van der Waals surface area contributed by atoms with Crippen molar-refractivity contribution >= 4 is 33.2 Å². The van der Waals surface area contributed by atoms with Crippen LogP contribution >= 0.6 is 15.9 Å². The van der Waals surface area contributed by atoms with Gasteiger partial charge in [0.1, 0.15) is 5.75 Å². The van der Waals surface area contributed by atoms with Crippen molar-refractivity contribution in [3.8, 4) is 5.75 Å². The van der Waals surface area contributed by atoms with E-state index >= 15 is 0 Å². The first-order chi connectivity index (χ1) is 9.51. The number of amides is 1. The predicted molar refractivity (Wildman–Crippen MR) is 84.2 cm³/mol. The minimum absolute atomic E-state index is 0.193. The number of halogens is 1. The van der Waals surface area contributed by atoms with Gasteiger partial charge in [0.15, 0.2) is 0 Å². The van der Waals surface area contributed by atoms with Crippen LogP contribution in [0.1, 0.15) is 15.9 Å². The van der Waals surface area contributed by atoms with Crippen LogP contribution in [0, 0.1) is 6.92 Å². The molecule has 0 aliphatic rings. The van der Waals surface area contributed by atoms with Gasteiger partial charge in [-0.25, -0.2) is 0 Å². The van der Waals surface area contributed by atoms with Crippen LogP contribution in [0.3, 0.4) is 0 Å². The normalized spacial score (nSPS) is 10.2. The fourth-order valence-electron chi connectivity index (χ4n) is 1.81. The van der Waals surface area contributed by atoms with Crippen LogP contribution in [0.25, 0.3) is 0 Å². The van der Waals surface area contributed by atoms with Crippen molar-refractivity contribution in [3.05, 3.63) is 52.0 Å². The third kappa shape index (κ3) is 3.11. The van der Waals surface area contributed by atoms with Gasteiger partial charge in [-0.2, -0.15) is 0 Å². The first-order valence-corrected chi connectivity index (χ1v) is 6.81. The highest BCUT2D eigenvalue weighted by atomic mass is 79.9. The summed E-state index contributed by atoms with van der Waals surface area (Å²) in [7, 11) is 1.55. The first-order valence-electron chi connectivity index (χ1n) is 6.02. The van der Waals surface area contributed by atoms with Crippen molar-refractivity contribution in [2.24, 2.45) is 0 Å². The first kappa shape index (κ1) is 14.4. The van der Waals surface area contributed by atoms with Crippen LogP contribution in [-0.2, 0) is 0 Å². The number of ether oxygens (including phenoxy) is 1. The second kappa shape index (κ2) is 5.96. The molecule has 4 nitrogen and oxygen atoms in total. The van der Waals surface area contributed by atoms with Crippen molar-refractivity contribution in [2.45, 2.75) is 6.92 Å². The maximum atomic E-state index is 12.2. The number of methoxy groups -OCH3 is 1. The molecule has 0 aliphatic heterocycles. The Labute approximate surface area is 126 Å². The van der Waals surface area contributed by atoms with Gasteiger partial charge in [0.05, 0.1) is 18.4 Å². The summed E-state index contributed by atoms with van der Waals surface area (Å²) >= 11 is 3.39. The SMILES string of the molecule is COc1ccc(NC(=O)c2ccc(C)cc2Br)cc1N. The zero-order valence-electron chi connectivity index (χ0n) is 11.2. The van der Waals surface area contributed by atoms with Crippen LogP contribution in [0.2, 0.25) is 0 Å². The molecule has 0 heterocycles. The molecule has 5 heteroatoms. The lowest BCUT2D eigenvalue weighted by atomic mass is 10.1. The summed E-state index contributed by atoms with van der Waals surface area (Å²) in [6, 6.07) is 10.7. The average Bonchev–Trinajstić information content (AvgIpc) is 2.38. The molecule has 0 atom stereocenters. The van der Waals surface area contributed by atoms with E-state index in [1.165, 1.54) is 0 Å². The Morgan fingerprint density at radius 2 is 2.00 bits per heavy atom. The molecule has 0 aromatic heterocycles. The van der Waals surface area contributed by atoms with Crippen molar-refractivity contribution in [2.75, 3.05) is 18.2 Å². The number of benzene rings is 2. The minimum atomic E-state index is -0.193. The average molecular weight is 335 g/mol. The summed E-state index contributed by atoms with van der Waals surface area (Å²) in [6.45, 7) is 1.97. The van der Waals surface area contributed by atoms with Gasteiger partial charge in [0, 0.05) is 10.2 Å². The lowest BCUT2D eigenvalue weighted by Gasteiger charge is -2.10. The number of hydrogen-bond acceptors (Lipinski definition) is 3. The van der Waals surface area contributed by atoms with Crippen molar-refractivity contribution in [1.82, 2.24) is 0 Å². The van der Waals surface area contributed by atoms with Crippen LogP contribution in [0.5, 0.6) is 5.75 Å². The highest BCUT2D eigenvalue weighted by Crippen LogP contribution is 2.25. The van der Waals surface area contributed by atoms with E-state index in [1.54, 1.807) is 31.4 Å². The van der Waals surface area contributed by atoms with Crippen LogP contribution < -0.4 is 15.8 Å². The molecule has 2 aromatic rings. The van der Waals surface area contributed by atoms with Gasteiger partial charge in [-0.15, -0.1) is 0 Å². The van der Waals surface area contributed by atoms with Gasteiger partial charge in [-0.05, 0) is 58.7 Å². The number of nitrogens with one attached hydrogen (secondary N) is 1. The lowest BCUT2D eigenvalue weighted by molar-refractivity contribution is 0.102. The molecule has 2 rings (SSSR count). The Morgan fingerprint density at radius 1 is 1.25 bits per heavy atom. The third-order valence-electron chi connectivity index (χ3n) is 2.86. The van der Waals surface area contributed by atoms with Gasteiger partial charge in [-0.1, -0.05) is 6.07 Å². The highest BCUT2D eigenvalue weighted by molar-refractivity contribution is 9.10. The molecule has 1 amide bonds. The second-order valence-electron chi connectivity index (χ2n) is 4.39. The van der Waals surface area contributed by atoms with Gasteiger partial charge >= 0.3 is 0 Å². The predicted octanol–water partition coefficient (Wildman–Crippen LogP) is 3.60. The molecule has 0 bridgehead atoms. The van der Waals surface area contributed by atoms with E-state index in [2.05, 4.69) is 21.2 Å². The van der Waals surface area contributed by atoms with Crippen LogP contribution in [0.4, 0.5) is 11.4 Å². The maximum absolute atomic E-state index is 12.2. The number of rotatable bonds is 3. The molecule has 0 unspecified atom stereocenters. The summed E-state index contributed by atoms with van der Waals surface area (Å²) < 4.78 is 5.84. The summed E-state index contributed by atoms with van der Waals surface area (Å²) in [6.07, 6.45) is 0. The number of nitrogen functional groups attached to an aromatic ring is 1. The molecule has 104 valence electrons. The largest absolute Gasteiger partial charge is 0.495 e. The Balaban J connectivity index is 2.21. The van der Waals surface area contributed by atoms with Gasteiger partial charge in [0.2, 0.25) is 0 Å². The van der Waals surface area contributed by atoms with E-state index in [0.717, 1.165) is 10.0 Å². The fraction of sp³-hybridized carbons (Fsp3) is 0.133. The third-order valence-corrected chi connectivity index (χ3v) is 3.51. The lowest BCUT2D eigenvalue weighted by Crippen LogP contribution is -2.12. The summed E-state index contributed by atoms with van der Waals surface area (Å²) in [5.41, 5.74) is 8.58. The monoisotopic (exact) mass is 334 g/mol. The molecule has 0 spiro atoms. The number of aryl methyl sites for hydroxylation is 1. The van der Waals surface area contributed by atoms with E-state index in [4.69, 9.17) is 10.5 Å². The Hall–Kier alpha value is -2.01. The van der Waals surface area contributed by atoms with Crippen LogP contribution in [0.15, 0.2) is 40.9 Å². The molecular weight excluding hydrogens is 320 g/mol. The van der Waals surface area contributed by atoms with Gasteiger partial charge in [-0.3, -0.25) is 4.79 Å². The van der Waals surface area contributed by atoms with Gasteiger partial charge < -0.3 is 15.8 Å². The quantitative estimate of drug-likeness (QED) is 0.843. The Bertz CT molecular complexity index is 656. The molecule has 0 saturated heterocycles. The second-order valence-corrected chi connectivity index (χ2v) is 5.25. The number of anilines is 2. The van der Waals surface area contributed by atoms with Crippen molar-refractivity contribution in [3.63, 3.8) is 0 Å². The molecule has 3 N–H and O–H groups in total. The summed E-state index contributed by atoms with van der Waals surface area (Å²) in [4.78, 5) is 12.2. The zero-order chi connectivity index (χ0) is 14.7. The Kier molecular flexibility index (Phi) is 4.29. The maximum Gasteiger partial charge on any atom is 0.256 e. The molecule has 0 aliphatic carbocycles. The van der Waals surface area contributed by atoms with Crippen LogP contribution in [-0.4, -0.2) is 13.0 Å². The smallest absolute Gasteiger partial charge is 0.256 e. The number of carbonyl (C=O) groups excluding carboxylic acids is 1. The summed E-state index contributed by atoms with van der Waals surface area (Å²) in [5.74, 6) is 0.390. The van der Waals surface area contributed by atoms with E-state index in [-0.39, 0.29) is 5.91 Å². The minimum Gasteiger partial charge on any atom is -0.495 e. The van der Waals surface area contributed by atoms with E-state index in [1.807, 2.05) is 19.1 Å². The number of hydrogen-bond donors (Lipinski definition) is 2. The number of nitrogens with two attached hydrogens (primary N) is 1. The highest BCUT2D eigenvalue weighted by Gasteiger charge is 2.11. The van der Waals surface area contributed by atoms with Crippen molar-refractivity contribution in [1.29, 1.82) is 0 Å². The standard InChI is InChI=1S/C15H15BrN2O2/c1-9-3-5-11(12(16)7-9)15(19)18-10-4-6-14(20-2)13(17)8-10/h3-8H,17H2,1-2H3,(H,18,19). The topological polar surface area (TPSA) is 64.3 Å². The summed E-state index contributed by atoms with van der Waals surface area (Å²) in [5, 5.41) is 2.81. The number of carbonyl (C=O) groups is 1. The molecule has 0 fully saturated rings. The molecule has 0 radical (unpaired) electrons. The molecule has 2 aromatic carbocycles. The molecule has 20 heavy (non-hydrogen) atoms. The van der Waals surface area contributed by atoms with E-state index in [9.17, 15) is 4.79 Å². The molecular formula is C15H15BrN2O2. The van der Waals surface area contributed by atoms with Crippen molar-refractivity contribution < 1.29 is 9.53 Å². The molecule has 0 saturated carbocycles. The Morgan fingerprint density at radius 3 is 2.60 bits per heavy atom. The van der Waals surface area contributed by atoms with Gasteiger partial charge in [0.25, 0.3) is 5.91 Å². The zero-order valence-corrected chi connectivity index (χ0v) is 12.8.